The largest absolute Gasteiger partial charge is 0.398 e. The van der Waals surface area contributed by atoms with E-state index >= 15 is 0 Å². The van der Waals surface area contributed by atoms with E-state index in [1.807, 2.05) is 0 Å². The minimum absolute atomic E-state index is 0.0327. The van der Waals surface area contributed by atoms with Crippen molar-refractivity contribution in [2.75, 3.05) is 12.3 Å². The molecule has 1 aromatic rings. The maximum Gasteiger partial charge on any atom is 0.150 e. The molecule has 1 aromatic heterocycles. The second-order valence-electron chi connectivity index (χ2n) is 2.49. The highest BCUT2D eigenvalue weighted by atomic mass is 16.1. The Labute approximate surface area is 70.6 Å². The second-order valence-corrected chi connectivity index (χ2v) is 2.49. The summed E-state index contributed by atoms with van der Waals surface area (Å²) in [6.07, 6.45) is 3.45. The lowest BCUT2D eigenvalue weighted by Gasteiger charge is -2.01. The summed E-state index contributed by atoms with van der Waals surface area (Å²) in [6, 6.07) is 1.67. The highest BCUT2D eigenvalue weighted by Gasteiger charge is 2.03. The number of anilines is 1. The van der Waals surface area contributed by atoms with Crippen LogP contribution in [0.2, 0.25) is 0 Å². The number of rotatable bonds is 3. The number of pyridine rings is 1. The fourth-order valence-corrected chi connectivity index (χ4v) is 0.870. The number of carbonyl (C=O) groups is 1. The summed E-state index contributed by atoms with van der Waals surface area (Å²) in [6.45, 7) is 0.0499. The average Bonchev–Trinajstić information content (AvgIpc) is 2.09. The van der Waals surface area contributed by atoms with Gasteiger partial charge in [-0.15, -0.1) is 0 Å². The van der Waals surface area contributed by atoms with Crippen molar-refractivity contribution in [2.45, 2.75) is 6.42 Å². The number of hydrogen-bond acceptors (Lipinski definition) is 4. The third-order valence-corrected chi connectivity index (χ3v) is 1.56. The van der Waals surface area contributed by atoms with Crippen LogP contribution in [-0.4, -0.2) is 17.3 Å². The van der Waals surface area contributed by atoms with Crippen molar-refractivity contribution in [1.29, 1.82) is 0 Å². The van der Waals surface area contributed by atoms with Crippen LogP contribution < -0.4 is 11.5 Å². The van der Waals surface area contributed by atoms with Gasteiger partial charge in [-0.05, 0) is 6.07 Å². The maximum atomic E-state index is 10.9. The molecule has 4 heteroatoms. The molecule has 0 aliphatic carbocycles. The van der Waals surface area contributed by atoms with Crippen LogP contribution in [0.15, 0.2) is 18.5 Å². The molecular formula is C8H11N3O. The number of nitrogen functional groups attached to an aromatic ring is 1. The zero-order valence-corrected chi connectivity index (χ0v) is 6.66. The van der Waals surface area contributed by atoms with Gasteiger partial charge in [-0.2, -0.15) is 0 Å². The second kappa shape index (κ2) is 3.82. The van der Waals surface area contributed by atoms with Crippen LogP contribution in [0.4, 0.5) is 5.69 Å². The van der Waals surface area contributed by atoms with Crippen LogP contribution in [0.5, 0.6) is 0 Å². The fourth-order valence-electron chi connectivity index (χ4n) is 0.870. The summed E-state index contributed by atoms with van der Waals surface area (Å²) in [5.74, 6) is -0.0327. The van der Waals surface area contributed by atoms with Gasteiger partial charge in [-0.25, -0.2) is 0 Å². The molecule has 0 unspecified atom stereocenters. The molecule has 0 aliphatic heterocycles. The first-order valence-electron chi connectivity index (χ1n) is 3.64. The number of nitrogens with two attached hydrogens (primary N) is 2. The third-order valence-electron chi connectivity index (χ3n) is 1.56. The Morgan fingerprint density at radius 3 is 2.92 bits per heavy atom. The molecule has 0 atom stereocenters. The van der Waals surface area contributed by atoms with Gasteiger partial charge in [0.2, 0.25) is 0 Å². The summed E-state index contributed by atoms with van der Waals surface area (Å²) < 4.78 is 0. The molecule has 0 amide bonds. The van der Waals surface area contributed by atoms with Crippen LogP contribution in [-0.2, 0) is 11.2 Å². The van der Waals surface area contributed by atoms with Crippen molar-refractivity contribution >= 4 is 11.5 Å². The minimum atomic E-state index is -0.0327. The third kappa shape index (κ3) is 2.03. The first kappa shape index (κ1) is 8.67. The number of nitrogens with zero attached hydrogens (tertiary/aromatic N) is 1. The van der Waals surface area contributed by atoms with Crippen LogP contribution in [0.1, 0.15) is 5.56 Å². The monoisotopic (exact) mass is 165 g/mol. The van der Waals surface area contributed by atoms with E-state index in [1.54, 1.807) is 18.5 Å². The molecule has 12 heavy (non-hydrogen) atoms. The molecule has 4 nitrogen and oxygen atoms in total. The summed E-state index contributed by atoms with van der Waals surface area (Å²) in [5, 5.41) is 0. The predicted molar refractivity (Wildman–Crippen MR) is 46.4 cm³/mol. The lowest BCUT2D eigenvalue weighted by Crippen LogP contribution is -2.16. The summed E-state index contributed by atoms with van der Waals surface area (Å²) in [7, 11) is 0. The van der Waals surface area contributed by atoms with Crippen molar-refractivity contribution < 1.29 is 4.79 Å². The van der Waals surface area contributed by atoms with E-state index < -0.39 is 0 Å². The quantitative estimate of drug-likeness (QED) is 0.646. The van der Waals surface area contributed by atoms with Crippen molar-refractivity contribution in [3.8, 4) is 0 Å². The number of aromatic nitrogens is 1. The van der Waals surface area contributed by atoms with E-state index in [1.165, 1.54) is 0 Å². The Kier molecular flexibility index (Phi) is 2.76. The molecular weight excluding hydrogens is 154 g/mol. The topological polar surface area (TPSA) is 82.0 Å². The lowest BCUT2D eigenvalue weighted by atomic mass is 10.1. The molecule has 4 N–H and O–H groups in total. The SMILES string of the molecule is NCC(=O)Cc1cnccc1N. The number of hydrogen-bond donors (Lipinski definition) is 2. The van der Waals surface area contributed by atoms with E-state index in [4.69, 9.17) is 11.5 Å². The summed E-state index contributed by atoms with van der Waals surface area (Å²) >= 11 is 0. The molecule has 1 heterocycles. The van der Waals surface area contributed by atoms with Crippen molar-refractivity contribution in [2.24, 2.45) is 5.73 Å². The molecule has 0 saturated carbocycles. The Morgan fingerprint density at radius 1 is 1.58 bits per heavy atom. The van der Waals surface area contributed by atoms with E-state index in [0.29, 0.717) is 5.69 Å². The Hall–Kier alpha value is -1.42. The van der Waals surface area contributed by atoms with Crippen molar-refractivity contribution in [3.63, 3.8) is 0 Å². The van der Waals surface area contributed by atoms with E-state index in [2.05, 4.69) is 4.98 Å². The minimum Gasteiger partial charge on any atom is -0.398 e. The molecule has 1 rings (SSSR count). The Balaban J connectivity index is 2.75. The van der Waals surface area contributed by atoms with Crippen molar-refractivity contribution in [1.82, 2.24) is 4.98 Å². The molecule has 0 aromatic carbocycles. The molecule has 0 aliphatic rings. The number of carbonyl (C=O) groups excluding carboxylic acids is 1. The smallest absolute Gasteiger partial charge is 0.150 e. The standard InChI is InChI=1S/C8H11N3O/c9-4-7(12)3-6-5-11-2-1-8(6)10/h1-2,5H,3-4,9H2,(H2,10,11). The maximum absolute atomic E-state index is 10.9. The van der Waals surface area contributed by atoms with Gasteiger partial charge < -0.3 is 11.5 Å². The van der Waals surface area contributed by atoms with Gasteiger partial charge in [-0.3, -0.25) is 9.78 Å². The van der Waals surface area contributed by atoms with Gasteiger partial charge in [0.1, 0.15) is 0 Å². The van der Waals surface area contributed by atoms with Crippen LogP contribution in [0.3, 0.4) is 0 Å². The van der Waals surface area contributed by atoms with Gasteiger partial charge in [0.15, 0.2) is 5.78 Å². The highest BCUT2D eigenvalue weighted by molar-refractivity contribution is 5.83. The summed E-state index contributed by atoms with van der Waals surface area (Å²) in [5.41, 5.74) is 12.1. The van der Waals surface area contributed by atoms with Crippen molar-refractivity contribution in [3.05, 3.63) is 24.0 Å². The van der Waals surface area contributed by atoms with E-state index in [9.17, 15) is 4.79 Å². The number of Topliss-reactive ketones (excluding diaryl/α,β-unsaturated/α-hetero) is 1. The molecule has 0 saturated heterocycles. The summed E-state index contributed by atoms with van der Waals surface area (Å²) in [4.78, 5) is 14.8. The first-order valence-corrected chi connectivity index (χ1v) is 3.64. The predicted octanol–water partition coefficient (Wildman–Crippen LogP) is -0.266. The number of ketones is 1. The Bertz CT molecular complexity index is 285. The van der Waals surface area contributed by atoms with Gasteiger partial charge >= 0.3 is 0 Å². The lowest BCUT2D eigenvalue weighted by molar-refractivity contribution is -0.117. The van der Waals surface area contributed by atoms with E-state index in [-0.39, 0.29) is 18.7 Å². The van der Waals surface area contributed by atoms with Gasteiger partial charge in [-0.1, -0.05) is 0 Å². The van der Waals surface area contributed by atoms with Crippen LogP contribution in [0.25, 0.3) is 0 Å². The van der Waals surface area contributed by atoms with Gasteiger partial charge in [0.05, 0.1) is 6.54 Å². The average molecular weight is 165 g/mol. The molecule has 0 bridgehead atoms. The van der Waals surface area contributed by atoms with Crippen LogP contribution >= 0.6 is 0 Å². The fraction of sp³-hybridized carbons (Fsp3) is 0.250. The molecule has 0 fully saturated rings. The molecule has 0 radical (unpaired) electrons. The van der Waals surface area contributed by atoms with Gasteiger partial charge in [0.25, 0.3) is 0 Å². The van der Waals surface area contributed by atoms with Gasteiger partial charge in [0, 0.05) is 30.1 Å². The van der Waals surface area contributed by atoms with E-state index in [0.717, 1.165) is 5.56 Å². The normalized spacial score (nSPS) is 9.75. The highest BCUT2D eigenvalue weighted by Crippen LogP contribution is 2.08. The zero-order chi connectivity index (χ0) is 8.97. The van der Waals surface area contributed by atoms with Crippen LogP contribution in [0, 0.1) is 0 Å². The Morgan fingerprint density at radius 2 is 2.33 bits per heavy atom. The first-order chi connectivity index (χ1) is 5.74. The zero-order valence-electron chi connectivity index (χ0n) is 6.66. The molecule has 64 valence electrons. The molecule has 0 spiro atoms.